The molecule has 3 aromatic heterocycles. The molecular formula is C22H30N6S. The van der Waals surface area contributed by atoms with Crippen molar-refractivity contribution in [1.82, 2.24) is 24.4 Å². The Kier molecular flexibility index (Phi) is 5.26. The predicted octanol–water partition coefficient (Wildman–Crippen LogP) is 4.45. The molecule has 0 spiro atoms. The first kappa shape index (κ1) is 19.0. The van der Waals surface area contributed by atoms with Gasteiger partial charge in [0.25, 0.3) is 0 Å². The first-order chi connectivity index (χ1) is 14.2. The van der Waals surface area contributed by atoms with Crippen LogP contribution in [0.1, 0.15) is 62.2 Å². The van der Waals surface area contributed by atoms with Crippen LogP contribution in [0.4, 0.5) is 5.82 Å². The first-order valence-corrected chi connectivity index (χ1v) is 11.8. The monoisotopic (exact) mass is 410 g/mol. The Labute approximate surface area is 176 Å². The second-order valence-electron chi connectivity index (χ2n) is 8.65. The Hall–Kier alpha value is -1.99. The van der Waals surface area contributed by atoms with E-state index in [1.165, 1.54) is 41.9 Å². The van der Waals surface area contributed by atoms with Gasteiger partial charge in [0.2, 0.25) is 0 Å². The summed E-state index contributed by atoms with van der Waals surface area (Å²) in [5.74, 6) is 1.64. The van der Waals surface area contributed by atoms with Crippen LogP contribution in [0.25, 0.3) is 11.0 Å². The number of likely N-dealkylation sites (tertiary alicyclic amines) is 1. The van der Waals surface area contributed by atoms with Crippen LogP contribution in [0.2, 0.25) is 0 Å². The maximum atomic E-state index is 5.20. The van der Waals surface area contributed by atoms with Crippen LogP contribution < -0.4 is 4.90 Å². The molecule has 0 atom stereocenters. The summed E-state index contributed by atoms with van der Waals surface area (Å²) in [6.07, 6.45) is 8.75. The molecule has 5 rings (SSSR count). The molecule has 0 bridgehead atoms. The van der Waals surface area contributed by atoms with Crippen LogP contribution in [0.15, 0.2) is 24.0 Å². The molecular weight excluding hydrogens is 380 g/mol. The molecule has 0 aromatic carbocycles. The molecule has 0 unspecified atom stereocenters. The molecule has 2 fully saturated rings. The highest BCUT2D eigenvalue weighted by Gasteiger charge is 2.26. The van der Waals surface area contributed by atoms with Crippen molar-refractivity contribution < 1.29 is 0 Å². The zero-order valence-corrected chi connectivity index (χ0v) is 18.2. The van der Waals surface area contributed by atoms with E-state index in [1.54, 1.807) is 11.3 Å². The number of anilines is 1. The number of aromatic nitrogens is 4. The molecule has 29 heavy (non-hydrogen) atoms. The van der Waals surface area contributed by atoms with Crippen LogP contribution >= 0.6 is 11.3 Å². The highest BCUT2D eigenvalue weighted by Crippen LogP contribution is 2.34. The third kappa shape index (κ3) is 3.78. The number of hydrogen-bond acceptors (Lipinski definition) is 6. The predicted molar refractivity (Wildman–Crippen MR) is 119 cm³/mol. The average Bonchev–Trinajstić information content (AvgIpc) is 3.49. The van der Waals surface area contributed by atoms with Crippen molar-refractivity contribution in [2.75, 3.05) is 31.1 Å². The Bertz CT molecular complexity index is 949. The smallest absolute Gasteiger partial charge is 0.157 e. The van der Waals surface area contributed by atoms with E-state index in [9.17, 15) is 0 Å². The summed E-state index contributed by atoms with van der Waals surface area (Å²) in [7, 11) is 0. The van der Waals surface area contributed by atoms with Gasteiger partial charge < -0.3 is 9.47 Å². The number of thiazole rings is 1. The minimum absolute atomic E-state index is 0.404. The van der Waals surface area contributed by atoms with E-state index in [1.807, 2.05) is 12.5 Å². The van der Waals surface area contributed by atoms with Gasteiger partial charge in [-0.2, -0.15) is 0 Å². The van der Waals surface area contributed by atoms with E-state index in [-0.39, 0.29) is 0 Å². The lowest BCUT2D eigenvalue weighted by atomic mass is 9.92. The summed E-state index contributed by atoms with van der Waals surface area (Å²) >= 11 is 1.76. The molecule has 7 heteroatoms. The summed E-state index contributed by atoms with van der Waals surface area (Å²) in [5, 5.41) is 3.29. The van der Waals surface area contributed by atoms with Gasteiger partial charge in [-0.3, -0.25) is 4.90 Å². The Morgan fingerprint density at radius 2 is 1.90 bits per heavy atom. The summed E-state index contributed by atoms with van der Waals surface area (Å²) in [5.41, 5.74) is 3.58. The molecule has 2 aliphatic rings. The fourth-order valence-corrected chi connectivity index (χ4v) is 5.37. The lowest BCUT2D eigenvalue weighted by Gasteiger charge is -2.31. The summed E-state index contributed by atoms with van der Waals surface area (Å²) in [6, 6.07) is 2.73. The number of imidazole rings is 1. The van der Waals surface area contributed by atoms with Gasteiger partial charge in [0, 0.05) is 42.3 Å². The number of piperidine rings is 1. The van der Waals surface area contributed by atoms with E-state index in [0.717, 1.165) is 44.1 Å². The van der Waals surface area contributed by atoms with Crippen molar-refractivity contribution >= 4 is 28.2 Å². The third-order valence-electron chi connectivity index (χ3n) is 6.37. The van der Waals surface area contributed by atoms with E-state index >= 15 is 0 Å². The minimum atomic E-state index is 0.404. The lowest BCUT2D eigenvalue weighted by molar-refractivity contribution is 0.203. The second kappa shape index (κ2) is 8.03. The fourth-order valence-electron chi connectivity index (χ4n) is 4.71. The lowest BCUT2D eigenvalue weighted by Crippen LogP contribution is -2.32. The topological polar surface area (TPSA) is 50.1 Å². The van der Waals surface area contributed by atoms with Crippen LogP contribution in [-0.4, -0.2) is 50.6 Å². The quantitative estimate of drug-likeness (QED) is 0.622. The molecule has 0 N–H and O–H groups in total. The van der Waals surface area contributed by atoms with Gasteiger partial charge in [-0.15, -0.1) is 11.3 Å². The standard InChI is InChI=1S/C22H30N6S/c1-16(2)28-15-24-21-19(28)13-18(25-22(21)27-8-3-4-9-27)17-5-10-26(11-6-17)14-20-23-7-12-29-20/h7,12-13,15-17H,3-6,8-11,14H2,1-2H3. The maximum Gasteiger partial charge on any atom is 0.157 e. The Balaban J connectivity index is 1.41. The van der Waals surface area contributed by atoms with Crippen molar-refractivity contribution in [1.29, 1.82) is 0 Å². The molecule has 154 valence electrons. The molecule has 6 nitrogen and oxygen atoms in total. The van der Waals surface area contributed by atoms with Crippen molar-refractivity contribution in [3.05, 3.63) is 34.7 Å². The summed E-state index contributed by atoms with van der Waals surface area (Å²) in [4.78, 5) is 19.4. The van der Waals surface area contributed by atoms with Crippen molar-refractivity contribution in [2.45, 2.75) is 58.0 Å². The van der Waals surface area contributed by atoms with Crippen molar-refractivity contribution in [3.63, 3.8) is 0 Å². The van der Waals surface area contributed by atoms with Gasteiger partial charge in [0.05, 0.1) is 18.4 Å². The molecule has 5 heterocycles. The second-order valence-corrected chi connectivity index (χ2v) is 9.63. The van der Waals surface area contributed by atoms with Gasteiger partial charge >= 0.3 is 0 Å². The summed E-state index contributed by atoms with van der Waals surface area (Å²) in [6.45, 7) is 9.88. The Morgan fingerprint density at radius 1 is 1.10 bits per heavy atom. The van der Waals surface area contributed by atoms with Crippen molar-refractivity contribution in [2.24, 2.45) is 0 Å². The fraction of sp³-hybridized carbons (Fsp3) is 0.591. The normalized spacial score (nSPS) is 19.1. The molecule has 2 aliphatic heterocycles. The van der Waals surface area contributed by atoms with Gasteiger partial charge in [-0.25, -0.2) is 15.0 Å². The van der Waals surface area contributed by atoms with Crippen molar-refractivity contribution in [3.8, 4) is 0 Å². The van der Waals surface area contributed by atoms with Gasteiger partial charge in [-0.05, 0) is 58.7 Å². The highest BCUT2D eigenvalue weighted by atomic mass is 32.1. The number of rotatable bonds is 5. The van der Waals surface area contributed by atoms with E-state index < -0.39 is 0 Å². The molecule has 0 saturated carbocycles. The average molecular weight is 411 g/mol. The third-order valence-corrected chi connectivity index (χ3v) is 7.14. The summed E-state index contributed by atoms with van der Waals surface area (Å²) < 4.78 is 2.30. The van der Waals surface area contributed by atoms with E-state index in [2.05, 4.69) is 44.6 Å². The largest absolute Gasteiger partial charge is 0.355 e. The zero-order chi connectivity index (χ0) is 19.8. The van der Waals surface area contributed by atoms with E-state index in [0.29, 0.717) is 12.0 Å². The van der Waals surface area contributed by atoms with Gasteiger partial charge in [0.15, 0.2) is 5.82 Å². The number of pyridine rings is 1. The number of nitrogens with zero attached hydrogens (tertiary/aromatic N) is 6. The number of fused-ring (bicyclic) bond motifs is 1. The van der Waals surface area contributed by atoms with Gasteiger partial charge in [-0.1, -0.05) is 0 Å². The minimum Gasteiger partial charge on any atom is -0.355 e. The zero-order valence-electron chi connectivity index (χ0n) is 17.4. The van der Waals surface area contributed by atoms with Crippen LogP contribution in [0.5, 0.6) is 0 Å². The molecule has 0 aliphatic carbocycles. The van der Waals surface area contributed by atoms with E-state index in [4.69, 9.17) is 9.97 Å². The molecule has 0 amide bonds. The van der Waals surface area contributed by atoms with Crippen LogP contribution in [-0.2, 0) is 6.54 Å². The highest BCUT2D eigenvalue weighted by molar-refractivity contribution is 7.09. The first-order valence-electron chi connectivity index (χ1n) is 10.9. The molecule has 2 saturated heterocycles. The molecule has 0 radical (unpaired) electrons. The Morgan fingerprint density at radius 3 is 2.59 bits per heavy atom. The SMILES string of the molecule is CC(C)n1cnc2c(N3CCCC3)nc(C3CCN(Cc4nccs4)CC3)cc21. The molecule has 3 aromatic rings. The number of hydrogen-bond donors (Lipinski definition) is 0. The van der Waals surface area contributed by atoms with Gasteiger partial charge in [0.1, 0.15) is 10.5 Å². The van der Waals surface area contributed by atoms with Crippen LogP contribution in [0, 0.1) is 0 Å². The maximum absolute atomic E-state index is 5.20. The van der Waals surface area contributed by atoms with Crippen LogP contribution in [0.3, 0.4) is 0 Å².